The minimum absolute atomic E-state index is 0.00158. The Balaban J connectivity index is 1.81. The van der Waals surface area contributed by atoms with Crippen molar-refractivity contribution < 1.29 is 22.7 Å². The molecule has 4 aromatic rings. The van der Waals surface area contributed by atoms with E-state index < -0.39 is 34.1 Å². The summed E-state index contributed by atoms with van der Waals surface area (Å²) in [5.41, 5.74) is 2.13. The van der Waals surface area contributed by atoms with Crippen molar-refractivity contribution in [3.63, 3.8) is 0 Å². The van der Waals surface area contributed by atoms with Crippen molar-refractivity contribution in [2.45, 2.75) is 64.1 Å². The highest BCUT2D eigenvalue weighted by atomic mass is 35.5. The van der Waals surface area contributed by atoms with Gasteiger partial charge in [-0.15, -0.1) is 0 Å². The first-order valence-electron chi connectivity index (χ1n) is 15.5. The van der Waals surface area contributed by atoms with Crippen molar-refractivity contribution in [2.75, 3.05) is 17.5 Å². The van der Waals surface area contributed by atoms with Gasteiger partial charge in [0, 0.05) is 23.5 Å². The average molecular weight is 676 g/mol. The van der Waals surface area contributed by atoms with Crippen LogP contribution in [0.5, 0.6) is 5.75 Å². The predicted molar refractivity (Wildman–Crippen MR) is 187 cm³/mol. The fraction of sp³-hybridized carbons (Fsp3) is 0.297. The number of sulfonamides is 1. The Morgan fingerprint density at radius 3 is 2.09 bits per heavy atom. The number of amides is 2. The number of nitrogens with zero attached hydrogens (tertiary/aromatic N) is 2. The van der Waals surface area contributed by atoms with E-state index in [1.807, 2.05) is 65.0 Å². The van der Waals surface area contributed by atoms with Crippen LogP contribution in [0.1, 0.15) is 44.4 Å². The number of benzene rings is 4. The van der Waals surface area contributed by atoms with Crippen LogP contribution in [0.2, 0.25) is 5.02 Å². The maximum absolute atomic E-state index is 14.6. The molecule has 0 radical (unpaired) electrons. The molecule has 0 saturated carbocycles. The number of aryl methyl sites for hydroxylation is 1. The SMILES string of the molecule is CCOc1ccc(S(=O)(=O)N(CC(=O)N(Cc2ccccc2Cl)[C@@H](Cc2ccccc2)C(=O)NC(C)(C)C)c2ccc(C)cc2)cc1. The van der Waals surface area contributed by atoms with Crippen LogP contribution >= 0.6 is 11.6 Å². The molecule has 10 heteroatoms. The first kappa shape index (κ1) is 35.5. The molecule has 0 bridgehead atoms. The van der Waals surface area contributed by atoms with E-state index in [1.165, 1.54) is 17.0 Å². The van der Waals surface area contributed by atoms with Crippen LogP contribution in [0.15, 0.2) is 108 Å². The highest BCUT2D eigenvalue weighted by Crippen LogP contribution is 2.27. The Kier molecular flexibility index (Phi) is 11.7. The van der Waals surface area contributed by atoms with Crippen molar-refractivity contribution in [3.05, 3.63) is 125 Å². The van der Waals surface area contributed by atoms with E-state index in [0.29, 0.717) is 28.6 Å². The minimum atomic E-state index is -4.24. The van der Waals surface area contributed by atoms with Crippen LogP contribution in [0, 0.1) is 6.92 Å². The van der Waals surface area contributed by atoms with Gasteiger partial charge in [0.25, 0.3) is 10.0 Å². The van der Waals surface area contributed by atoms with Gasteiger partial charge in [-0.25, -0.2) is 8.42 Å². The van der Waals surface area contributed by atoms with E-state index in [4.69, 9.17) is 16.3 Å². The number of carbonyl (C=O) groups excluding carboxylic acids is 2. The lowest BCUT2D eigenvalue weighted by atomic mass is 10.0. The molecule has 0 spiro atoms. The van der Waals surface area contributed by atoms with Crippen LogP contribution in [0.4, 0.5) is 5.69 Å². The Morgan fingerprint density at radius 1 is 0.872 bits per heavy atom. The molecule has 0 aromatic heterocycles. The molecule has 0 aliphatic carbocycles. The average Bonchev–Trinajstić information content (AvgIpc) is 3.03. The standard InChI is InChI=1S/C37H42ClN3O5S/c1-6-46-31-20-22-32(23-21-31)47(44,45)41(30-18-16-27(2)17-19-30)26-35(42)40(25-29-14-10-11-15-33(29)38)34(36(43)39-37(3,4)5)24-28-12-8-7-9-13-28/h7-23,34H,6,24-26H2,1-5H3,(H,39,43)/t34-/m0/s1. The van der Waals surface area contributed by atoms with Gasteiger partial charge in [0.1, 0.15) is 18.3 Å². The van der Waals surface area contributed by atoms with E-state index in [0.717, 1.165) is 15.4 Å². The topological polar surface area (TPSA) is 96.0 Å². The van der Waals surface area contributed by atoms with E-state index in [9.17, 15) is 18.0 Å². The van der Waals surface area contributed by atoms with Gasteiger partial charge in [0.2, 0.25) is 11.8 Å². The van der Waals surface area contributed by atoms with Crippen molar-refractivity contribution in [1.29, 1.82) is 0 Å². The molecule has 0 aliphatic heterocycles. The number of halogens is 1. The summed E-state index contributed by atoms with van der Waals surface area (Å²) >= 11 is 6.57. The maximum Gasteiger partial charge on any atom is 0.264 e. The zero-order chi connectivity index (χ0) is 34.2. The zero-order valence-corrected chi connectivity index (χ0v) is 29.0. The van der Waals surface area contributed by atoms with Crippen molar-refractivity contribution in [3.8, 4) is 5.75 Å². The van der Waals surface area contributed by atoms with Gasteiger partial charge >= 0.3 is 0 Å². The molecule has 0 unspecified atom stereocenters. The summed E-state index contributed by atoms with van der Waals surface area (Å²) < 4.78 is 35.1. The second-order valence-corrected chi connectivity index (χ2v) is 14.6. The fourth-order valence-electron chi connectivity index (χ4n) is 5.06. The molecule has 1 N–H and O–H groups in total. The van der Waals surface area contributed by atoms with Gasteiger partial charge in [0.15, 0.2) is 0 Å². The summed E-state index contributed by atoms with van der Waals surface area (Å²) in [6, 6.07) is 28.5. The van der Waals surface area contributed by atoms with E-state index in [-0.39, 0.29) is 23.8 Å². The molecule has 0 aliphatic rings. The number of ether oxygens (including phenoxy) is 1. The molecule has 4 aromatic carbocycles. The van der Waals surface area contributed by atoms with Gasteiger partial charge < -0.3 is 15.0 Å². The number of rotatable bonds is 13. The lowest BCUT2D eigenvalue weighted by Gasteiger charge is -2.35. The van der Waals surface area contributed by atoms with Crippen LogP contribution in [-0.4, -0.2) is 49.9 Å². The second kappa shape index (κ2) is 15.5. The predicted octanol–water partition coefficient (Wildman–Crippen LogP) is 6.80. The summed E-state index contributed by atoms with van der Waals surface area (Å²) in [5.74, 6) is -0.396. The first-order valence-corrected chi connectivity index (χ1v) is 17.3. The van der Waals surface area contributed by atoms with Crippen molar-refractivity contribution in [2.24, 2.45) is 0 Å². The van der Waals surface area contributed by atoms with Gasteiger partial charge in [-0.3, -0.25) is 13.9 Å². The molecule has 0 fully saturated rings. The number of anilines is 1. The molecule has 248 valence electrons. The molecule has 2 amide bonds. The fourth-order valence-corrected chi connectivity index (χ4v) is 6.67. The zero-order valence-electron chi connectivity index (χ0n) is 27.4. The van der Waals surface area contributed by atoms with Crippen molar-refractivity contribution >= 4 is 39.1 Å². The van der Waals surface area contributed by atoms with E-state index >= 15 is 0 Å². The molecule has 4 rings (SSSR count). The van der Waals surface area contributed by atoms with Gasteiger partial charge in [0.05, 0.1) is 17.2 Å². The minimum Gasteiger partial charge on any atom is -0.494 e. The van der Waals surface area contributed by atoms with E-state index in [2.05, 4.69) is 5.32 Å². The van der Waals surface area contributed by atoms with Crippen LogP contribution in [0.25, 0.3) is 0 Å². The van der Waals surface area contributed by atoms with Crippen LogP contribution in [0.3, 0.4) is 0 Å². The third kappa shape index (κ3) is 9.59. The quantitative estimate of drug-likeness (QED) is 0.168. The monoisotopic (exact) mass is 675 g/mol. The van der Waals surface area contributed by atoms with E-state index in [1.54, 1.807) is 60.7 Å². The summed E-state index contributed by atoms with van der Waals surface area (Å²) in [5, 5.41) is 3.46. The molecule has 1 atom stereocenters. The maximum atomic E-state index is 14.6. The highest BCUT2D eigenvalue weighted by molar-refractivity contribution is 7.92. The Labute approximate surface area is 283 Å². The van der Waals surface area contributed by atoms with Gasteiger partial charge in [-0.05, 0) is 88.2 Å². The second-order valence-electron chi connectivity index (χ2n) is 12.3. The van der Waals surface area contributed by atoms with Crippen LogP contribution in [-0.2, 0) is 32.6 Å². The molecule has 0 saturated heterocycles. The summed E-state index contributed by atoms with van der Waals surface area (Å²) in [7, 11) is -4.24. The lowest BCUT2D eigenvalue weighted by molar-refractivity contribution is -0.140. The first-order chi connectivity index (χ1) is 22.3. The Hall–Kier alpha value is -4.34. The third-order valence-electron chi connectivity index (χ3n) is 7.39. The molecule has 0 heterocycles. The van der Waals surface area contributed by atoms with Gasteiger partial charge in [-0.2, -0.15) is 0 Å². The Morgan fingerprint density at radius 2 is 1.49 bits per heavy atom. The number of hydrogen-bond donors (Lipinski definition) is 1. The summed E-state index contributed by atoms with van der Waals surface area (Å²) in [6.45, 7) is 9.21. The number of hydrogen-bond acceptors (Lipinski definition) is 5. The molecular weight excluding hydrogens is 634 g/mol. The van der Waals surface area contributed by atoms with Crippen molar-refractivity contribution in [1.82, 2.24) is 10.2 Å². The highest BCUT2D eigenvalue weighted by Gasteiger charge is 2.36. The van der Waals surface area contributed by atoms with Crippen LogP contribution < -0.4 is 14.4 Å². The third-order valence-corrected chi connectivity index (χ3v) is 9.55. The van der Waals surface area contributed by atoms with Gasteiger partial charge in [-0.1, -0.05) is 77.8 Å². The number of nitrogens with one attached hydrogen (secondary N) is 1. The summed E-state index contributed by atoms with van der Waals surface area (Å²) in [6.07, 6.45) is 0.203. The Bertz CT molecular complexity index is 1760. The summed E-state index contributed by atoms with van der Waals surface area (Å²) in [4.78, 5) is 30.0. The molecule has 47 heavy (non-hydrogen) atoms. The normalized spacial score (nSPS) is 12.2. The molecule has 8 nitrogen and oxygen atoms in total. The molecular formula is C37H42ClN3O5S. The lowest BCUT2D eigenvalue weighted by Crippen LogP contribution is -2.56. The number of carbonyl (C=O) groups is 2. The smallest absolute Gasteiger partial charge is 0.264 e. The largest absolute Gasteiger partial charge is 0.494 e.